The monoisotopic (exact) mass is 1040 g/mol. The van der Waals surface area contributed by atoms with Crippen LogP contribution < -0.4 is 16.0 Å². The van der Waals surface area contributed by atoms with Gasteiger partial charge in [-0.1, -0.05) is 91.9 Å². The number of carbonyl (C=O) groups is 6. The van der Waals surface area contributed by atoms with Crippen molar-refractivity contribution in [3.05, 3.63) is 148 Å². The molecule has 3 amide bonds. The third-order valence-electron chi connectivity index (χ3n) is 16.8. The number of benzene rings is 3. The van der Waals surface area contributed by atoms with Gasteiger partial charge in [-0.05, 0) is 109 Å². The Morgan fingerprint density at radius 3 is 2.45 bits per heavy atom. The third-order valence-corrected chi connectivity index (χ3v) is 17.9. The lowest BCUT2D eigenvalue weighted by atomic mass is 9.44. The molecule has 17 heteroatoms. The lowest BCUT2D eigenvalue weighted by Crippen LogP contribution is -2.69. The Balaban J connectivity index is 0.774. The molecule has 2 heterocycles. The van der Waals surface area contributed by atoms with E-state index in [-0.39, 0.29) is 50.6 Å². The predicted octanol–water partition coefficient (Wildman–Crippen LogP) is 7.51. The maximum atomic E-state index is 17.9. The number of hydrogen-bond acceptors (Lipinski definition) is 13. The molecule has 1 aromatic heterocycles. The second-order valence-electron chi connectivity index (χ2n) is 20.9. The number of alkyl carbamates (subject to hydrolysis) is 1. The molecule has 0 radical (unpaired) electrons. The van der Waals surface area contributed by atoms with Crippen LogP contribution in [0.25, 0.3) is 11.1 Å². The van der Waals surface area contributed by atoms with Gasteiger partial charge in [0.1, 0.15) is 32.4 Å². The normalized spacial score (nSPS) is 29.3. The highest BCUT2D eigenvalue weighted by Gasteiger charge is 2.79. The summed E-state index contributed by atoms with van der Waals surface area (Å²) in [5.74, 6) is -3.98. The number of Topliss-reactive ketones (excluding diaryl/α,β-unsaturated/α-hetero) is 1. The first kappa shape index (κ1) is 51.8. The van der Waals surface area contributed by atoms with Crippen molar-refractivity contribution in [2.75, 3.05) is 31.7 Å². The number of hydrogen-bond donors (Lipinski definition) is 5. The molecule has 4 fully saturated rings. The lowest BCUT2D eigenvalue weighted by molar-refractivity contribution is -0.231. The molecule has 392 valence electrons. The topological polar surface area (TPSA) is 216 Å². The summed E-state index contributed by atoms with van der Waals surface area (Å²) < 4.78 is 41.9. The summed E-state index contributed by atoms with van der Waals surface area (Å²) in [6, 6.07) is 25.5. The zero-order valence-corrected chi connectivity index (χ0v) is 42.5. The van der Waals surface area contributed by atoms with Gasteiger partial charge in [0.05, 0.1) is 17.1 Å². The van der Waals surface area contributed by atoms with Crippen LogP contribution in [-0.2, 0) is 49.3 Å². The number of anilines is 1. The van der Waals surface area contributed by atoms with E-state index in [1.807, 2.05) is 73.7 Å². The van der Waals surface area contributed by atoms with Crippen molar-refractivity contribution in [1.82, 2.24) is 10.6 Å². The number of aliphatic hydroxyl groups is 2. The van der Waals surface area contributed by atoms with Crippen LogP contribution in [0.3, 0.4) is 0 Å². The Labute approximate surface area is 437 Å². The van der Waals surface area contributed by atoms with E-state index in [4.69, 9.17) is 18.9 Å². The lowest BCUT2D eigenvalue weighted by Gasteiger charge is -2.62. The zero-order chi connectivity index (χ0) is 52.9. The molecule has 4 aromatic rings. The minimum Gasteiger partial charge on any atom is -0.461 e. The molecule has 5 N–H and O–H groups in total. The number of fused-ring (bicyclic) bond motifs is 10. The predicted molar refractivity (Wildman–Crippen MR) is 275 cm³/mol. The molecule has 75 heavy (non-hydrogen) atoms. The number of halogens is 1. The van der Waals surface area contributed by atoms with Crippen molar-refractivity contribution in [1.29, 1.82) is 0 Å². The van der Waals surface area contributed by atoms with E-state index in [1.165, 1.54) is 29.6 Å². The first-order valence-electron chi connectivity index (χ1n) is 25.4. The van der Waals surface area contributed by atoms with Crippen LogP contribution >= 0.6 is 11.3 Å². The fraction of sp³-hybridized carbons (Fsp3) is 0.414. The number of aliphatic hydroxyl groups excluding tert-OH is 2. The number of rotatable bonds is 17. The van der Waals surface area contributed by atoms with E-state index in [0.717, 1.165) is 32.7 Å². The van der Waals surface area contributed by atoms with Gasteiger partial charge in [0, 0.05) is 46.1 Å². The maximum absolute atomic E-state index is 17.9. The molecule has 1 aliphatic heterocycles. The fourth-order valence-electron chi connectivity index (χ4n) is 13.3. The summed E-state index contributed by atoms with van der Waals surface area (Å²) in [5.41, 5.74) is 0.0274. The van der Waals surface area contributed by atoms with Gasteiger partial charge in [0.25, 0.3) is 0 Å². The minimum absolute atomic E-state index is 0.0214. The maximum Gasteiger partial charge on any atom is 0.407 e. The first-order chi connectivity index (χ1) is 36.0. The largest absolute Gasteiger partial charge is 0.461 e. The number of alkyl halides is 1. The van der Waals surface area contributed by atoms with Gasteiger partial charge in [-0.2, -0.15) is 0 Å². The molecular formula is C58H60FN3O12S. The van der Waals surface area contributed by atoms with Crippen molar-refractivity contribution in [2.45, 2.75) is 101 Å². The van der Waals surface area contributed by atoms with E-state index in [1.54, 1.807) is 31.2 Å². The third kappa shape index (κ3) is 9.05. The van der Waals surface area contributed by atoms with Crippen LogP contribution in [0.1, 0.15) is 91.0 Å². The van der Waals surface area contributed by atoms with Crippen molar-refractivity contribution in [2.24, 2.45) is 22.7 Å². The molecule has 1 saturated heterocycles. The molecular weight excluding hydrogens is 982 g/mol. The second-order valence-corrected chi connectivity index (χ2v) is 22.1. The van der Waals surface area contributed by atoms with Crippen LogP contribution in [0, 0.1) is 22.7 Å². The Morgan fingerprint density at radius 1 is 0.973 bits per heavy atom. The van der Waals surface area contributed by atoms with Crippen LogP contribution in [0.5, 0.6) is 0 Å². The summed E-state index contributed by atoms with van der Waals surface area (Å²) >= 11 is 1.40. The van der Waals surface area contributed by atoms with Crippen molar-refractivity contribution < 1.29 is 62.3 Å². The molecule has 0 spiro atoms. The number of amides is 3. The fourth-order valence-corrected chi connectivity index (χ4v) is 14.3. The molecule has 15 nitrogen and oxygen atoms in total. The number of ether oxygens (including phenoxy) is 4. The number of esters is 1. The van der Waals surface area contributed by atoms with Crippen molar-refractivity contribution in [3.8, 4) is 11.1 Å². The standard InChI is InChI=1S/C58H60FN3O12S/c1-4-24-71-51(68)21-19-45(62-50(67)30-60-54(70)72-32-42-40-14-7-5-12-38(40)39-13-6-8-15-41(39)42)52(69)61-35-11-9-10-33(25-35)26-37-17-20-46(75-37)53-73-49-28-44-43-18-16-34-27-36(64)22-23-55(34,2)57(43,59)47(65)29-56(44,3)58(49,74-53)48(66)31-63/h4-15,17,20,22-23,25,27,42-45,47,49,53,63,65H,1,16,18-19,21,24,26,28-32H2,2-3H3,(H,60,70)(H,61,69)(H,62,67)/t43-,44-,45-,47-,49+,53+,55-,56-,57-,58+/m0/s1. The number of allylic oxidation sites excluding steroid dienone is 4. The van der Waals surface area contributed by atoms with E-state index < -0.39 is 101 Å². The SMILES string of the molecule is C=CCOC(=O)CC[C@H](NC(=O)CNC(=O)OCC1c2ccccc2-c2ccccc21)C(=O)Nc1cccc(Cc2ccc([C@@H]3O[C@@H]4C[C@H]5[C@@H]6CCC7=CC(=O)C=C[C@]7(C)[C@@]6(F)[C@@H](O)C[C@]5(C)[C@]4(C(=O)CO)O3)s2)c1. The van der Waals surface area contributed by atoms with Crippen LogP contribution in [-0.4, -0.2) is 102 Å². The highest BCUT2D eigenvalue weighted by Crippen LogP contribution is 2.72. The Hall–Kier alpha value is -6.63. The molecule has 3 aromatic carbocycles. The summed E-state index contributed by atoms with van der Waals surface area (Å²) in [5, 5.41) is 30.3. The van der Waals surface area contributed by atoms with Crippen LogP contribution in [0.4, 0.5) is 14.9 Å². The van der Waals surface area contributed by atoms with Gasteiger partial charge >= 0.3 is 12.1 Å². The quantitative estimate of drug-likeness (QED) is 0.0513. The summed E-state index contributed by atoms with van der Waals surface area (Å²) in [6.07, 6.45) is 2.83. The molecule has 5 aliphatic carbocycles. The van der Waals surface area contributed by atoms with E-state index in [2.05, 4.69) is 22.5 Å². The average molecular weight is 1040 g/mol. The summed E-state index contributed by atoms with van der Waals surface area (Å²) in [7, 11) is 0. The summed E-state index contributed by atoms with van der Waals surface area (Å²) in [6.45, 7) is 5.83. The van der Waals surface area contributed by atoms with Crippen molar-refractivity contribution >= 4 is 52.5 Å². The van der Waals surface area contributed by atoms with Gasteiger partial charge < -0.3 is 45.1 Å². The number of nitrogens with one attached hydrogen (secondary N) is 3. The van der Waals surface area contributed by atoms with Gasteiger partial charge in [0.15, 0.2) is 29.1 Å². The molecule has 0 unspecified atom stereocenters. The smallest absolute Gasteiger partial charge is 0.407 e. The molecule has 10 rings (SSSR count). The van der Waals surface area contributed by atoms with E-state index >= 15 is 4.39 Å². The number of ketones is 2. The minimum atomic E-state index is -2.11. The highest BCUT2D eigenvalue weighted by molar-refractivity contribution is 7.12. The van der Waals surface area contributed by atoms with Gasteiger partial charge in [-0.3, -0.25) is 24.0 Å². The molecule has 10 atom stereocenters. The zero-order valence-electron chi connectivity index (χ0n) is 41.7. The Bertz CT molecular complexity index is 2980. The second kappa shape index (κ2) is 20.5. The molecule has 6 aliphatic rings. The van der Waals surface area contributed by atoms with Gasteiger partial charge in [-0.15, -0.1) is 11.3 Å². The van der Waals surface area contributed by atoms with Crippen LogP contribution in [0.15, 0.2) is 121 Å². The average Bonchev–Trinajstić information content (AvgIpc) is 4.23. The molecule has 0 bridgehead atoms. The Morgan fingerprint density at radius 2 is 1.72 bits per heavy atom. The van der Waals surface area contributed by atoms with E-state index in [0.29, 0.717) is 35.4 Å². The van der Waals surface area contributed by atoms with Gasteiger partial charge in [-0.25, -0.2) is 9.18 Å². The summed E-state index contributed by atoms with van der Waals surface area (Å²) in [4.78, 5) is 80.4. The number of thiophene rings is 1. The highest BCUT2D eigenvalue weighted by atomic mass is 32.1. The van der Waals surface area contributed by atoms with Crippen molar-refractivity contribution in [3.63, 3.8) is 0 Å². The van der Waals surface area contributed by atoms with E-state index in [9.17, 15) is 39.0 Å². The van der Waals surface area contributed by atoms with Gasteiger partial charge in [0.2, 0.25) is 11.8 Å². The van der Waals surface area contributed by atoms with Crippen LogP contribution in [0.2, 0.25) is 0 Å². The molecule has 3 saturated carbocycles. The Kier molecular flexibility index (Phi) is 14.2. The first-order valence-corrected chi connectivity index (χ1v) is 26.3. The number of carbonyl (C=O) groups excluding carboxylic acids is 6.